The molecule has 0 spiro atoms. The van der Waals surface area contributed by atoms with Crippen LogP contribution >= 0.6 is 11.3 Å². The Hall–Kier alpha value is -1.35. The zero-order valence-electron chi connectivity index (χ0n) is 15.2. The van der Waals surface area contributed by atoms with Gasteiger partial charge in [-0.1, -0.05) is 33.8 Å². The first-order chi connectivity index (χ1) is 10.7. The van der Waals surface area contributed by atoms with Crippen LogP contribution in [0.3, 0.4) is 0 Å². The molecule has 22 heavy (non-hydrogen) atoms. The van der Waals surface area contributed by atoms with E-state index >= 15 is 0 Å². The van der Waals surface area contributed by atoms with Gasteiger partial charge in [0, 0.05) is 15.8 Å². The van der Waals surface area contributed by atoms with E-state index in [0.29, 0.717) is 5.88 Å². The number of rotatable bonds is 4. The number of fused-ring (bicyclic) bond motifs is 1. The Morgan fingerprint density at radius 1 is 1.23 bits per heavy atom. The second kappa shape index (κ2) is 11.2. The van der Waals surface area contributed by atoms with Crippen molar-refractivity contribution in [2.45, 2.75) is 60.8 Å². The number of hydrogen-bond acceptors (Lipinski definition) is 3. The molecule has 0 N–H and O–H groups in total. The third-order valence-corrected chi connectivity index (χ3v) is 4.85. The van der Waals surface area contributed by atoms with Gasteiger partial charge in [0.1, 0.15) is 0 Å². The fraction of sp³-hybridized carbons (Fsp3) is 0.526. The van der Waals surface area contributed by atoms with Crippen molar-refractivity contribution in [2.75, 3.05) is 7.11 Å². The summed E-state index contributed by atoms with van der Waals surface area (Å²) >= 11 is 1.91. The lowest BCUT2D eigenvalue weighted by Gasteiger charge is -2.04. The van der Waals surface area contributed by atoms with Gasteiger partial charge >= 0.3 is 0 Å². The minimum Gasteiger partial charge on any atom is -0.481 e. The highest BCUT2D eigenvalue weighted by molar-refractivity contribution is 7.13. The molecule has 1 aliphatic carbocycles. The van der Waals surface area contributed by atoms with Crippen LogP contribution in [0.5, 0.6) is 0 Å². The first kappa shape index (κ1) is 20.6. The highest BCUT2D eigenvalue weighted by Gasteiger charge is 2.20. The molecule has 0 unspecified atom stereocenters. The summed E-state index contributed by atoms with van der Waals surface area (Å²) in [5.74, 6) is 0.566. The van der Waals surface area contributed by atoms with E-state index in [2.05, 4.69) is 24.7 Å². The Kier molecular flexibility index (Phi) is 10.6. The van der Waals surface area contributed by atoms with Crippen molar-refractivity contribution in [3.63, 3.8) is 0 Å². The molecule has 3 heteroatoms. The van der Waals surface area contributed by atoms with Gasteiger partial charge in [-0.2, -0.15) is 0 Å². The van der Waals surface area contributed by atoms with Crippen LogP contribution in [0, 0.1) is 6.92 Å². The van der Waals surface area contributed by atoms with Crippen molar-refractivity contribution in [1.29, 1.82) is 0 Å². The quantitative estimate of drug-likeness (QED) is 0.368. The van der Waals surface area contributed by atoms with E-state index in [-0.39, 0.29) is 0 Å². The molecule has 0 radical (unpaired) electrons. The summed E-state index contributed by atoms with van der Waals surface area (Å²) in [5.41, 5.74) is 4.17. The highest BCUT2D eigenvalue weighted by Crippen LogP contribution is 2.39. The maximum absolute atomic E-state index is 5.17. The Morgan fingerprint density at radius 3 is 2.32 bits per heavy atom. The summed E-state index contributed by atoms with van der Waals surface area (Å²) in [6.45, 7) is 15.8. The summed E-state index contributed by atoms with van der Waals surface area (Å²) in [7, 11) is 1.62. The van der Waals surface area contributed by atoms with Crippen LogP contribution in [-0.2, 0) is 17.6 Å². The zero-order chi connectivity index (χ0) is 17.1. The van der Waals surface area contributed by atoms with Crippen molar-refractivity contribution in [1.82, 2.24) is 0 Å². The standard InChI is InChI=1S/C15H19NOS.2C2H6/c1-5-11(9-14(16-3)17-4)15-10(2)12-7-6-8-13(12)18-15;2*1-2/h5,9H,3,6-8H2,1-2,4H3;2*1-2H3/b11-5+,14-9+;;. The smallest absolute Gasteiger partial charge is 0.212 e. The lowest BCUT2D eigenvalue weighted by Crippen LogP contribution is -1.87. The average molecular weight is 322 g/mol. The molecule has 0 fully saturated rings. The molecular weight excluding hydrogens is 290 g/mol. The molecule has 0 saturated heterocycles. The molecule has 124 valence electrons. The average Bonchev–Trinajstić information content (AvgIpc) is 3.16. The Labute approximate surface area is 140 Å². The van der Waals surface area contributed by atoms with Crippen molar-refractivity contribution in [3.8, 4) is 0 Å². The van der Waals surface area contributed by atoms with E-state index in [1.807, 2.05) is 52.0 Å². The van der Waals surface area contributed by atoms with Gasteiger partial charge in [-0.05, 0) is 56.5 Å². The molecule has 1 aliphatic rings. The maximum atomic E-state index is 5.17. The largest absolute Gasteiger partial charge is 0.481 e. The fourth-order valence-electron chi connectivity index (χ4n) is 2.42. The minimum absolute atomic E-state index is 0.566. The summed E-state index contributed by atoms with van der Waals surface area (Å²) < 4.78 is 5.17. The number of aryl methyl sites for hydroxylation is 1. The SMILES string of the molecule is C=N/C(=C\C(=C/C)c1sc2c(c1C)CCC2)OC.CC.CC. The molecular formula is C19H31NOS. The maximum Gasteiger partial charge on any atom is 0.212 e. The van der Waals surface area contributed by atoms with E-state index in [1.54, 1.807) is 17.6 Å². The van der Waals surface area contributed by atoms with Crippen molar-refractivity contribution < 1.29 is 4.74 Å². The highest BCUT2D eigenvalue weighted by atomic mass is 32.1. The zero-order valence-corrected chi connectivity index (χ0v) is 16.1. The summed E-state index contributed by atoms with van der Waals surface area (Å²) in [6.07, 6.45) is 7.84. The van der Waals surface area contributed by atoms with E-state index in [4.69, 9.17) is 4.74 Å². The monoisotopic (exact) mass is 321 g/mol. The second-order valence-electron chi connectivity index (χ2n) is 4.40. The third kappa shape index (κ3) is 4.84. The predicted molar refractivity (Wildman–Crippen MR) is 102 cm³/mol. The van der Waals surface area contributed by atoms with Gasteiger partial charge in [0.15, 0.2) is 0 Å². The van der Waals surface area contributed by atoms with Crippen LogP contribution in [0.25, 0.3) is 5.57 Å². The Balaban J connectivity index is 0.00000102. The molecule has 2 nitrogen and oxygen atoms in total. The lowest BCUT2D eigenvalue weighted by atomic mass is 10.1. The van der Waals surface area contributed by atoms with Crippen LogP contribution in [0.1, 0.15) is 61.9 Å². The van der Waals surface area contributed by atoms with Crippen LogP contribution in [-0.4, -0.2) is 13.8 Å². The van der Waals surface area contributed by atoms with E-state index in [1.165, 1.54) is 35.3 Å². The topological polar surface area (TPSA) is 21.6 Å². The van der Waals surface area contributed by atoms with Crippen molar-refractivity contribution >= 4 is 23.6 Å². The molecule has 0 amide bonds. The predicted octanol–water partition coefficient (Wildman–Crippen LogP) is 6.19. The van der Waals surface area contributed by atoms with Crippen molar-refractivity contribution in [3.05, 3.63) is 38.9 Å². The van der Waals surface area contributed by atoms with E-state index in [0.717, 1.165) is 0 Å². The van der Waals surface area contributed by atoms with Gasteiger partial charge in [0.2, 0.25) is 5.88 Å². The van der Waals surface area contributed by atoms with Gasteiger partial charge in [-0.3, -0.25) is 0 Å². The Morgan fingerprint density at radius 2 is 1.86 bits per heavy atom. The molecule has 0 saturated carbocycles. The van der Waals surface area contributed by atoms with Crippen LogP contribution in [0.2, 0.25) is 0 Å². The summed E-state index contributed by atoms with van der Waals surface area (Å²) in [6, 6.07) is 0. The van der Waals surface area contributed by atoms with E-state index < -0.39 is 0 Å². The number of methoxy groups -OCH3 is 1. The molecule has 1 heterocycles. The Bertz CT molecular complexity index is 524. The van der Waals surface area contributed by atoms with Crippen LogP contribution in [0.15, 0.2) is 23.0 Å². The number of aliphatic imine (C=N–C) groups is 1. The molecule has 2 rings (SSSR count). The summed E-state index contributed by atoms with van der Waals surface area (Å²) in [4.78, 5) is 6.77. The molecule has 0 aliphatic heterocycles. The number of nitrogens with zero attached hydrogens (tertiary/aromatic N) is 1. The summed E-state index contributed by atoms with van der Waals surface area (Å²) in [5, 5.41) is 0. The number of allylic oxidation sites excluding steroid dienone is 3. The molecule has 1 aromatic heterocycles. The number of hydrogen-bond donors (Lipinski definition) is 0. The number of thiophene rings is 1. The lowest BCUT2D eigenvalue weighted by molar-refractivity contribution is 0.289. The fourth-order valence-corrected chi connectivity index (χ4v) is 3.86. The second-order valence-corrected chi connectivity index (χ2v) is 5.51. The first-order valence-electron chi connectivity index (χ1n) is 8.21. The van der Waals surface area contributed by atoms with Crippen LogP contribution in [0.4, 0.5) is 0 Å². The molecule has 1 aromatic rings. The van der Waals surface area contributed by atoms with Gasteiger partial charge < -0.3 is 4.74 Å². The third-order valence-electron chi connectivity index (χ3n) is 3.40. The molecule has 0 bridgehead atoms. The van der Waals surface area contributed by atoms with Crippen LogP contribution < -0.4 is 0 Å². The molecule has 0 aromatic carbocycles. The minimum atomic E-state index is 0.566. The van der Waals surface area contributed by atoms with E-state index in [9.17, 15) is 0 Å². The first-order valence-corrected chi connectivity index (χ1v) is 9.03. The van der Waals surface area contributed by atoms with Gasteiger partial charge in [-0.25, -0.2) is 4.99 Å². The normalized spacial score (nSPS) is 13.4. The van der Waals surface area contributed by atoms with Gasteiger partial charge in [0.25, 0.3) is 0 Å². The van der Waals surface area contributed by atoms with Gasteiger partial charge in [0.05, 0.1) is 7.11 Å². The van der Waals surface area contributed by atoms with Crippen molar-refractivity contribution in [2.24, 2.45) is 4.99 Å². The van der Waals surface area contributed by atoms with Gasteiger partial charge in [-0.15, -0.1) is 11.3 Å². The number of ether oxygens (including phenoxy) is 1. The molecule has 0 atom stereocenters.